The van der Waals surface area contributed by atoms with E-state index in [1.54, 1.807) is 11.0 Å². The van der Waals surface area contributed by atoms with Gasteiger partial charge >= 0.3 is 36.0 Å². The average molecular weight is 595 g/mol. The Morgan fingerprint density at radius 1 is 0.854 bits per heavy atom. The Hall–Kier alpha value is -3.69. The third kappa shape index (κ3) is 29.1. The largest absolute Gasteiger partial charge is 0.480 e. The Morgan fingerprint density at radius 3 is 1.46 bits per heavy atom. The summed E-state index contributed by atoms with van der Waals surface area (Å²) in [7, 11) is 3.81. The standard InChI is InChI=1S/C18H32N2O8.C3H8N2O2.C3H6.CO2/c1-5-9-19(10-6-15(21)26-2)13-14(18(24)25)20(11-7-16(22)27-3)12-8-17(23)28-4;4-1-2(5)3(6)7;1-3-2;2-1-3/h14H,5-13H2,1-4H3,(H,24,25);2H,1,4-5H2,(H,6,7);3H,1H2,2H3;/t14-;2-;;/m00../s1. The van der Waals surface area contributed by atoms with Crippen molar-refractivity contribution in [2.75, 3.05) is 60.6 Å². The van der Waals surface area contributed by atoms with Crippen LogP contribution in [0.1, 0.15) is 39.5 Å². The Balaban J connectivity index is -0.000000436. The zero-order valence-electron chi connectivity index (χ0n) is 24.5. The van der Waals surface area contributed by atoms with Crippen LogP contribution in [0.15, 0.2) is 12.7 Å². The second-order valence-corrected chi connectivity index (χ2v) is 7.84. The predicted octanol–water partition coefficient (Wildman–Crippen LogP) is -0.891. The summed E-state index contributed by atoms with van der Waals surface area (Å²) < 4.78 is 13.9. The number of aliphatic carboxylic acids is 2. The first-order valence-corrected chi connectivity index (χ1v) is 12.4. The molecule has 16 nitrogen and oxygen atoms in total. The van der Waals surface area contributed by atoms with E-state index in [2.05, 4.69) is 20.8 Å². The van der Waals surface area contributed by atoms with Crippen molar-refractivity contribution in [3.63, 3.8) is 0 Å². The molecule has 238 valence electrons. The number of carboxylic acid groups (broad SMARTS) is 2. The second-order valence-electron chi connectivity index (χ2n) is 7.84. The molecular weight excluding hydrogens is 548 g/mol. The minimum Gasteiger partial charge on any atom is -0.480 e. The van der Waals surface area contributed by atoms with Crippen LogP contribution >= 0.6 is 0 Å². The van der Waals surface area contributed by atoms with Gasteiger partial charge in [-0.05, 0) is 19.9 Å². The number of allylic oxidation sites excluding steroid dienone is 1. The van der Waals surface area contributed by atoms with Crippen LogP contribution in [-0.4, -0.2) is 129 Å². The smallest absolute Gasteiger partial charge is 0.373 e. The third-order valence-corrected chi connectivity index (χ3v) is 4.79. The van der Waals surface area contributed by atoms with E-state index in [0.717, 1.165) is 6.42 Å². The highest BCUT2D eigenvalue weighted by Gasteiger charge is 2.29. The van der Waals surface area contributed by atoms with Crippen molar-refractivity contribution in [1.29, 1.82) is 0 Å². The number of carboxylic acids is 2. The van der Waals surface area contributed by atoms with Crippen LogP contribution in [0, 0.1) is 0 Å². The molecule has 0 aliphatic rings. The summed E-state index contributed by atoms with van der Waals surface area (Å²) in [5.41, 5.74) is 9.76. The molecule has 0 aliphatic heterocycles. The van der Waals surface area contributed by atoms with Crippen LogP contribution in [0.3, 0.4) is 0 Å². The van der Waals surface area contributed by atoms with Crippen molar-refractivity contribution in [1.82, 2.24) is 9.80 Å². The molecule has 6 N–H and O–H groups in total. The maximum atomic E-state index is 11.9. The van der Waals surface area contributed by atoms with E-state index in [1.807, 2.05) is 18.7 Å². The van der Waals surface area contributed by atoms with Crippen molar-refractivity contribution in [3.8, 4) is 0 Å². The SMILES string of the molecule is C=CC.CCCN(CCC(=O)OC)C[C@@H](C(=O)O)N(CCC(=O)OC)CCC(=O)OC.NC[C@H](N)C(=O)O.O=C=O. The van der Waals surface area contributed by atoms with E-state index in [1.165, 1.54) is 21.3 Å². The molecule has 0 spiro atoms. The molecule has 0 aliphatic carbocycles. The first-order chi connectivity index (χ1) is 19.3. The van der Waals surface area contributed by atoms with Crippen LogP contribution in [0.2, 0.25) is 0 Å². The van der Waals surface area contributed by atoms with Gasteiger partial charge in [-0.1, -0.05) is 13.0 Å². The summed E-state index contributed by atoms with van der Waals surface area (Å²) in [5.74, 6) is -3.44. The van der Waals surface area contributed by atoms with Crippen molar-refractivity contribution in [2.24, 2.45) is 11.5 Å². The minimum atomic E-state index is -1.08. The van der Waals surface area contributed by atoms with Gasteiger partial charge in [0.05, 0.1) is 40.6 Å². The number of esters is 3. The van der Waals surface area contributed by atoms with E-state index < -0.39 is 36.0 Å². The second kappa shape index (κ2) is 30.8. The van der Waals surface area contributed by atoms with Crippen LogP contribution in [0.4, 0.5) is 0 Å². The lowest BCUT2D eigenvalue weighted by molar-refractivity contribution is -0.191. The van der Waals surface area contributed by atoms with Gasteiger partial charge in [-0.3, -0.25) is 28.9 Å². The fraction of sp³-hybridized carbons (Fsp3) is 0.680. The Kier molecular flexibility index (Phi) is 33.4. The molecule has 0 amide bonds. The molecule has 41 heavy (non-hydrogen) atoms. The fourth-order valence-electron chi connectivity index (χ4n) is 2.75. The van der Waals surface area contributed by atoms with Gasteiger partial charge < -0.3 is 40.8 Å². The summed E-state index contributed by atoms with van der Waals surface area (Å²) >= 11 is 0. The Bertz CT molecular complexity index is 769. The van der Waals surface area contributed by atoms with Gasteiger partial charge in [-0.15, -0.1) is 6.58 Å². The van der Waals surface area contributed by atoms with E-state index in [0.29, 0.717) is 13.1 Å². The highest BCUT2D eigenvalue weighted by molar-refractivity contribution is 5.75. The first-order valence-electron chi connectivity index (χ1n) is 12.4. The molecule has 0 bridgehead atoms. The van der Waals surface area contributed by atoms with Gasteiger partial charge in [-0.2, -0.15) is 9.59 Å². The quantitative estimate of drug-likeness (QED) is 0.0905. The predicted molar refractivity (Wildman–Crippen MR) is 145 cm³/mol. The molecule has 0 unspecified atom stereocenters. The molecule has 0 aromatic rings. The zero-order chi connectivity index (χ0) is 32.8. The van der Waals surface area contributed by atoms with Crippen molar-refractivity contribution in [3.05, 3.63) is 12.7 Å². The first kappa shape index (κ1) is 44.3. The number of nitrogens with zero attached hydrogens (tertiary/aromatic N) is 2. The summed E-state index contributed by atoms with van der Waals surface area (Å²) in [4.78, 5) is 75.7. The molecule has 2 atom stereocenters. The summed E-state index contributed by atoms with van der Waals surface area (Å²) in [6.07, 6.45) is 2.92. The Labute approximate surface area is 240 Å². The van der Waals surface area contributed by atoms with Gasteiger partial charge in [0.2, 0.25) is 0 Å². The average Bonchev–Trinajstić information content (AvgIpc) is 2.94. The summed E-state index contributed by atoms with van der Waals surface area (Å²) in [5, 5.41) is 17.7. The van der Waals surface area contributed by atoms with Crippen LogP contribution < -0.4 is 11.5 Å². The van der Waals surface area contributed by atoms with Crippen LogP contribution in [-0.2, 0) is 47.8 Å². The molecule has 0 rings (SSSR count). The number of nitrogens with two attached hydrogens (primary N) is 2. The van der Waals surface area contributed by atoms with Crippen molar-refractivity contribution < 1.29 is 58.0 Å². The fourth-order valence-corrected chi connectivity index (χ4v) is 2.75. The Morgan fingerprint density at radius 2 is 1.22 bits per heavy atom. The third-order valence-electron chi connectivity index (χ3n) is 4.79. The molecule has 0 saturated carbocycles. The topological polar surface area (TPSA) is 246 Å². The highest BCUT2D eigenvalue weighted by atomic mass is 16.5. The molecular formula is C25H46N4O12. The number of ether oxygens (including phenoxy) is 3. The lowest BCUT2D eigenvalue weighted by Crippen LogP contribution is -2.50. The highest BCUT2D eigenvalue weighted by Crippen LogP contribution is 2.09. The van der Waals surface area contributed by atoms with Crippen molar-refractivity contribution in [2.45, 2.75) is 51.6 Å². The normalized spacial score (nSPS) is 11.0. The van der Waals surface area contributed by atoms with Crippen molar-refractivity contribution >= 4 is 36.0 Å². The number of hydrogen-bond donors (Lipinski definition) is 4. The van der Waals surface area contributed by atoms with E-state index >= 15 is 0 Å². The van der Waals surface area contributed by atoms with E-state index in [9.17, 15) is 29.1 Å². The van der Waals surface area contributed by atoms with Crippen LogP contribution in [0.5, 0.6) is 0 Å². The number of carbonyl (C=O) groups excluding carboxylic acids is 5. The molecule has 0 aromatic heterocycles. The lowest BCUT2D eigenvalue weighted by atomic mass is 10.1. The lowest BCUT2D eigenvalue weighted by Gasteiger charge is -2.32. The number of rotatable bonds is 17. The monoisotopic (exact) mass is 594 g/mol. The van der Waals surface area contributed by atoms with Gasteiger partial charge in [0.1, 0.15) is 12.1 Å². The van der Waals surface area contributed by atoms with Gasteiger partial charge in [0.25, 0.3) is 0 Å². The molecule has 0 saturated heterocycles. The number of carbonyl (C=O) groups is 5. The molecule has 0 fully saturated rings. The van der Waals surface area contributed by atoms with E-state index in [4.69, 9.17) is 26.2 Å². The molecule has 0 radical (unpaired) electrons. The van der Waals surface area contributed by atoms with Gasteiger partial charge in [0, 0.05) is 32.7 Å². The summed E-state index contributed by atoms with van der Waals surface area (Å²) in [6.45, 7) is 8.54. The van der Waals surface area contributed by atoms with E-state index in [-0.39, 0.29) is 57.6 Å². The molecule has 0 aromatic carbocycles. The maximum absolute atomic E-state index is 11.9. The number of hydrogen-bond acceptors (Lipinski definition) is 14. The number of methoxy groups -OCH3 is 3. The minimum absolute atomic E-state index is 0.00259. The molecule has 0 heterocycles. The summed E-state index contributed by atoms with van der Waals surface area (Å²) in [6, 6.07) is -1.86. The van der Waals surface area contributed by atoms with Gasteiger partial charge in [-0.25, -0.2) is 0 Å². The van der Waals surface area contributed by atoms with Crippen LogP contribution in [0.25, 0.3) is 0 Å². The molecule has 16 heteroatoms. The zero-order valence-corrected chi connectivity index (χ0v) is 24.5. The maximum Gasteiger partial charge on any atom is 0.373 e. The van der Waals surface area contributed by atoms with Gasteiger partial charge in [0.15, 0.2) is 0 Å².